The third-order valence-electron chi connectivity index (χ3n) is 7.52. The summed E-state index contributed by atoms with van der Waals surface area (Å²) in [6.45, 7) is 1.12. The average molecular weight is 640 g/mol. The molecule has 1 aromatic rings. The van der Waals surface area contributed by atoms with Crippen molar-refractivity contribution in [1.29, 1.82) is 0 Å². The highest BCUT2D eigenvalue weighted by Crippen LogP contribution is 2.59. The molecule has 1 aromatic carbocycles. The van der Waals surface area contributed by atoms with Crippen LogP contribution in [0.4, 0.5) is 0 Å². The second kappa shape index (κ2) is 11.2. The van der Waals surface area contributed by atoms with Gasteiger partial charge >= 0.3 is 5.97 Å². The van der Waals surface area contributed by atoms with Gasteiger partial charge in [-0.15, -0.1) is 0 Å². The second-order valence-electron chi connectivity index (χ2n) is 10.5. The van der Waals surface area contributed by atoms with Gasteiger partial charge in [0, 0.05) is 33.9 Å². The maximum atomic E-state index is 13.3. The quantitative estimate of drug-likeness (QED) is 0.222. The molecule has 4 aliphatic rings. The monoisotopic (exact) mass is 640 g/mol. The predicted molar refractivity (Wildman–Crippen MR) is 143 cm³/mol. The van der Waals surface area contributed by atoms with Gasteiger partial charge in [-0.05, 0) is 73.4 Å². The number of rotatable bonds is 10. The fraction of sp³-hybridized carbons (Fsp3) is 0.593. The van der Waals surface area contributed by atoms with Crippen LogP contribution >= 0.6 is 22.6 Å². The Balaban J connectivity index is 1.39. The van der Waals surface area contributed by atoms with Crippen LogP contribution in [0.2, 0.25) is 0 Å². The molecule has 38 heavy (non-hydrogen) atoms. The number of carbonyl (C=O) groups is 3. The minimum absolute atomic E-state index is 0.00369. The molecule has 0 spiro atoms. The lowest BCUT2D eigenvalue weighted by Crippen LogP contribution is -2.54. The Morgan fingerprint density at radius 3 is 2.45 bits per heavy atom. The summed E-state index contributed by atoms with van der Waals surface area (Å²) in [5.41, 5.74) is 0.716. The van der Waals surface area contributed by atoms with E-state index >= 15 is 0 Å². The van der Waals surface area contributed by atoms with Crippen molar-refractivity contribution >= 4 is 40.4 Å². The van der Waals surface area contributed by atoms with Crippen molar-refractivity contribution in [3.05, 3.63) is 45.0 Å². The SMILES string of the molecule is C[C@H](O)[C@@H](NC(=O)C1=C[C@H]2OC(C3CC3)(C3CC3)O[C@H]2[C@H](OC(=O)c2ccccc2I)C1)C(=O)NCCO. The molecule has 4 N–H and O–H groups in total. The molecular weight excluding hydrogens is 607 g/mol. The number of fused-ring (bicyclic) bond motifs is 1. The number of amides is 2. The van der Waals surface area contributed by atoms with Gasteiger partial charge in [-0.1, -0.05) is 12.1 Å². The Morgan fingerprint density at radius 2 is 1.84 bits per heavy atom. The molecular formula is C27H33IN2O8. The molecule has 2 amide bonds. The van der Waals surface area contributed by atoms with Crippen LogP contribution in [-0.4, -0.2) is 77.4 Å². The lowest BCUT2D eigenvalue weighted by atomic mass is 9.91. The summed E-state index contributed by atoms with van der Waals surface area (Å²) in [7, 11) is 0. The molecule has 0 bridgehead atoms. The number of hydrogen-bond donors (Lipinski definition) is 4. The van der Waals surface area contributed by atoms with E-state index in [-0.39, 0.29) is 31.4 Å². The van der Waals surface area contributed by atoms with Crippen molar-refractivity contribution in [2.75, 3.05) is 13.2 Å². The summed E-state index contributed by atoms with van der Waals surface area (Å²) in [6.07, 6.45) is 2.73. The first-order valence-electron chi connectivity index (χ1n) is 13.1. The summed E-state index contributed by atoms with van der Waals surface area (Å²) in [6, 6.07) is 5.88. The molecule has 1 heterocycles. The Hall–Kier alpha value is -2.06. The van der Waals surface area contributed by atoms with Gasteiger partial charge in [0.25, 0.3) is 0 Å². The number of aliphatic hydroxyl groups is 2. The van der Waals surface area contributed by atoms with Crippen LogP contribution in [0, 0.1) is 15.4 Å². The number of halogens is 1. The van der Waals surface area contributed by atoms with E-state index in [1.54, 1.807) is 18.2 Å². The molecule has 10 nitrogen and oxygen atoms in total. The number of carbonyl (C=O) groups excluding carboxylic acids is 3. The summed E-state index contributed by atoms with van der Waals surface area (Å²) >= 11 is 2.08. The molecule has 1 saturated heterocycles. The van der Waals surface area contributed by atoms with Crippen LogP contribution < -0.4 is 10.6 Å². The second-order valence-corrected chi connectivity index (χ2v) is 11.6. The molecule has 3 fully saturated rings. The molecule has 11 heteroatoms. The molecule has 3 aliphatic carbocycles. The first-order valence-corrected chi connectivity index (χ1v) is 14.2. The Kier molecular flexibility index (Phi) is 8.11. The third-order valence-corrected chi connectivity index (χ3v) is 8.46. The largest absolute Gasteiger partial charge is 0.455 e. The van der Waals surface area contributed by atoms with Gasteiger partial charge in [0.15, 0.2) is 5.79 Å². The van der Waals surface area contributed by atoms with Gasteiger partial charge in [-0.25, -0.2) is 4.79 Å². The van der Waals surface area contributed by atoms with Crippen molar-refractivity contribution in [2.24, 2.45) is 11.8 Å². The van der Waals surface area contributed by atoms with Gasteiger partial charge in [-0.3, -0.25) is 9.59 Å². The molecule has 0 radical (unpaired) electrons. The standard InChI is InChI=1S/C27H33IN2O8/c1-14(32)22(25(34)29-10-11-31)30-24(33)15-12-20(36-26(35)18-4-2-3-5-19(18)28)23-21(13-15)37-27(38-23,16-6-7-16)17-8-9-17/h2-5,13-14,16-17,20-23,31-32H,6-12H2,1H3,(H,29,34)(H,30,33)/t14-,20+,21+,22+,23-/m0/s1. The molecule has 5 atom stereocenters. The summed E-state index contributed by atoms with van der Waals surface area (Å²) in [5.74, 6) is -1.84. The highest BCUT2D eigenvalue weighted by Gasteiger charge is 2.64. The zero-order chi connectivity index (χ0) is 27.0. The van der Waals surface area contributed by atoms with Gasteiger partial charge in [0.1, 0.15) is 24.4 Å². The zero-order valence-corrected chi connectivity index (χ0v) is 23.3. The van der Waals surface area contributed by atoms with E-state index in [1.807, 2.05) is 12.1 Å². The van der Waals surface area contributed by atoms with Crippen molar-refractivity contribution in [1.82, 2.24) is 10.6 Å². The molecule has 0 aromatic heterocycles. The Labute approximate surface area is 234 Å². The van der Waals surface area contributed by atoms with Gasteiger partial charge < -0.3 is 35.1 Å². The normalized spacial score (nSPS) is 27.5. The summed E-state index contributed by atoms with van der Waals surface area (Å²) in [4.78, 5) is 39.0. The highest BCUT2D eigenvalue weighted by atomic mass is 127. The van der Waals surface area contributed by atoms with Crippen LogP contribution in [0.15, 0.2) is 35.9 Å². The number of ether oxygens (including phenoxy) is 3. The van der Waals surface area contributed by atoms with Crippen LogP contribution in [0.1, 0.15) is 49.4 Å². The van der Waals surface area contributed by atoms with Crippen molar-refractivity contribution in [3.63, 3.8) is 0 Å². The number of esters is 1. The Bertz CT molecular complexity index is 1100. The zero-order valence-electron chi connectivity index (χ0n) is 21.1. The molecule has 1 aliphatic heterocycles. The first kappa shape index (κ1) is 27.5. The smallest absolute Gasteiger partial charge is 0.339 e. The third kappa shape index (κ3) is 5.62. The molecule has 0 unspecified atom stereocenters. The number of hydrogen-bond acceptors (Lipinski definition) is 8. The fourth-order valence-electron chi connectivity index (χ4n) is 5.33. The first-order chi connectivity index (χ1) is 18.2. The van der Waals surface area contributed by atoms with Crippen molar-refractivity contribution in [3.8, 4) is 0 Å². The Morgan fingerprint density at radius 1 is 1.16 bits per heavy atom. The predicted octanol–water partition coefficient (Wildman–Crippen LogP) is 1.42. The van der Waals surface area contributed by atoms with Crippen LogP contribution in [0.5, 0.6) is 0 Å². The van der Waals surface area contributed by atoms with Crippen LogP contribution in [0.25, 0.3) is 0 Å². The van der Waals surface area contributed by atoms with E-state index in [4.69, 9.17) is 19.3 Å². The van der Waals surface area contributed by atoms with Gasteiger partial charge in [-0.2, -0.15) is 0 Å². The minimum atomic E-state index is -1.22. The topological polar surface area (TPSA) is 143 Å². The highest BCUT2D eigenvalue weighted by molar-refractivity contribution is 14.1. The van der Waals surface area contributed by atoms with E-state index in [9.17, 15) is 19.5 Å². The maximum Gasteiger partial charge on any atom is 0.339 e. The van der Waals surface area contributed by atoms with E-state index in [0.29, 0.717) is 11.1 Å². The molecule has 5 rings (SSSR count). The van der Waals surface area contributed by atoms with E-state index in [2.05, 4.69) is 33.2 Å². The number of aliphatic hydroxyl groups excluding tert-OH is 2. The molecule has 2 saturated carbocycles. The maximum absolute atomic E-state index is 13.3. The minimum Gasteiger partial charge on any atom is -0.455 e. The molecule has 206 valence electrons. The van der Waals surface area contributed by atoms with Crippen LogP contribution in [-0.2, 0) is 23.8 Å². The summed E-state index contributed by atoms with van der Waals surface area (Å²) in [5, 5.41) is 24.2. The number of nitrogens with one attached hydrogen (secondary N) is 2. The van der Waals surface area contributed by atoms with Gasteiger partial charge in [0.2, 0.25) is 11.8 Å². The van der Waals surface area contributed by atoms with Crippen molar-refractivity contribution in [2.45, 2.75) is 75.3 Å². The van der Waals surface area contributed by atoms with Gasteiger partial charge in [0.05, 0.1) is 18.3 Å². The number of benzene rings is 1. The average Bonchev–Trinajstić information content (AvgIpc) is 3.82. The fourth-order valence-corrected chi connectivity index (χ4v) is 5.93. The van der Waals surface area contributed by atoms with Crippen molar-refractivity contribution < 1.29 is 38.8 Å². The van der Waals surface area contributed by atoms with E-state index < -0.39 is 54.0 Å². The van der Waals surface area contributed by atoms with E-state index in [0.717, 1.165) is 29.3 Å². The lowest BCUT2D eigenvalue weighted by molar-refractivity contribution is -0.209. The summed E-state index contributed by atoms with van der Waals surface area (Å²) < 4.78 is 19.9. The van der Waals surface area contributed by atoms with Crippen LogP contribution in [0.3, 0.4) is 0 Å². The lowest BCUT2D eigenvalue weighted by Gasteiger charge is -2.31. The van der Waals surface area contributed by atoms with E-state index in [1.165, 1.54) is 6.92 Å².